The Hall–Kier alpha value is -2.48. The van der Waals surface area contributed by atoms with Crippen molar-refractivity contribution < 1.29 is 9.47 Å². The van der Waals surface area contributed by atoms with E-state index in [0.717, 1.165) is 160 Å². The zero-order valence-corrected chi connectivity index (χ0v) is 36.0. The standard InChI is InChI=1S/C57H64O2/c1-21-6-7-24(35(10-21)59-5)19-57-32-17-30-15-28-13-26-11-25-12-27-14-29-16-31-18-56(20-32,33-8-9-34(58-4)23(3)22(33)2)54-51-41(31)38(29)43-39(27)42-36(25)37(26)44-40(28)50(53(30)57)48-47(44)45(42)46(43)49(51)52(48)55(54)57/h6-10,18,20,25-30,36-55H,11-17,19H2,1-5H3. The van der Waals surface area contributed by atoms with Crippen molar-refractivity contribution in [3.8, 4) is 11.5 Å². The molecule has 16 aliphatic rings. The van der Waals surface area contributed by atoms with E-state index in [9.17, 15) is 0 Å². The van der Waals surface area contributed by atoms with Gasteiger partial charge >= 0.3 is 0 Å². The maximum absolute atomic E-state index is 6.45. The first-order valence-electron chi connectivity index (χ1n) is 25.6. The van der Waals surface area contributed by atoms with Gasteiger partial charge in [-0.25, -0.2) is 0 Å². The first kappa shape index (κ1) is 32.2. The van der Waals surface area contributed by atoms with Crippen LogP contribution in [0.15, 0.2) is 53.6 Å². The van der Waals surface area contributed by atoms with Crippen molar-refractivity contribution >= 4 is 0 Å². The second-order valence-corrected chi connectivity index (χ2v) is 25.9. The normalized spacial score (nSPS) is 62.3. The van der Waals surface area contributed by atoms with Crippen LogP contribution < -0.4 is 9.47 Å². The topological polar surface area (TPSA) is 18.5 Å². The number of benzene rings is 2. The third kappa shape index (κ3) is 2.94. The van der Waals surface area contributed by atoms with Crippen LogP contribution >= 0.6 is 0 Å². The van der Waals surface area contributed by atoms with Crippen molar-refractivity contribution in [1.29, 1.82) is 0 Å². The van der Waals surface area contributed by atoms with E-state index in [0.29, 0.717) is 5.41 Å². The lowest BCUT2D eigenvalue weighted by Gasteiger charge is -2.65. The van der Waals surface area contributed by atoms with E-state index in [4.69, 9.17) is 9.47 Å². The molecule has 2 aromatic carbocycles. The Balaban J connectivity index is 0.992. The highest BCUT2D eigenvalue weighted by molar-refractivity contribution is 5.59. The van der Waals surface area contributed by atoms with Crippen molar-refractivity contribution in [1.82, 2.24) is 0 Å². The summed E-state index contributed by atoms with van der Waals surface area (Å²) in [6.45, 7) is 7.17. The first-order valence-corrected chi connectivity index (χ1v) is 25.6. The van der Waals surface area contributed by atoms with E-state index in [-0.39, 0.29) is 5.41 Å². The van der Waals surface area contributed by atoms with Gasteiger partial charge in [-0.15, -0.1) is 0 Å². The van der Waals surface area contributed by atoms with E-state index in [1.54, 1.807) is 43.2 Å². The number of methoxy groups -OCH3 is 2. The third-order valence-corrected chi connectivity index (χ3v) is 26.1. The zero-order valence-electron chi connectivity index (χ0n) is 36.0. The second kappa shape index (κ2) is 9.54. The van der Waals surface area contributed by atoms with E-state index >= 15 is 0 Å². The highest BCUT2D eigenvalue weighted by Crippen LogP contribution is 2.94. The molecule has 18 rings (SSSR count). The van der Waals surface area contributed by atoms with Crippen LogP contribution in [0, 0.1) is 180 Å². The number of allylic oxidation sites excluding steroid dienone is 4. The Morgan fingerprint density at radius 2 is 1.10 bits per heavy atom. The van der Waals surface area contributed by atoms with Gasteiger partial charge in [-0.2, -0.15) is 0 Å². The molecule has 304 valence electrons. The molecule has 2 aromatic rings. The Bertz CT molecular complexity index is 2460. The quantitative estimate of drug-likeness (QED) is 0.281. The predicted molar refractivity (Wildman–Crippen MR) is 227 cm³/mol. The Labute approximate surface area is 352 Å². The molecule has 14 fully saturated rings. The number of rotatable bonds is 5. The fraction of sp³-hybridized carbons (Fsp3) is 0.719. The summed E-state index contributed by atoms with van der Waals surface area (Å²) in [4.78, 5) is 0. The van der Waals surface area contributed by atoms with Crippen molar-refractivity contribution in [2.24, 2.45) is 159 Å². The van der Waals surface area contributed by atoms with Crippen LogP contribution in [0.25, 0.3) is 0 Å². The number of hydrogen-bond acceptors (Lipinski definition) is 2. The van der Waals surface area contributed by atoms with Crippen molar-refractivity contribution in [2.75, 3.05) is 14.2 Å². The van der Waals surface area contributed by atoms with Gasteiger partial charge in [0.1, 0.15) is 11.5 Å². The molecule has 0 aromatic heterocycles. The largest absolute Gasteiger partial charge is 0.496 e. The van der Waals surface area contributed by atoms with E-state index in [2.05, 4.69) is 63.3 Å². The molecule has 0 amide bonds. The number of aryl methyl sites for hydroxylation is 1. The van der Waals surface area contributed by atoms with Gasteiger partial charge in [-0.05, 0) is 266 Å². The van der Waals surface area contributed by atoms with Crippen LogP contribution in [0.1, 0.15) is 72.8 Å². The number of hydrogen-bond donors (Lipinski definition) is 0. The van der Waals surface area contributed by atoms with Crippen LogP contribution in [0.2, 0.25) is 0 Å². The van der Waals surface area contributed by atoms with E-state index in [1.165, 1.54) is 41.7 Å². The Morgan fingerprint density at radius 1 is 0.508 bits per heavy atom. The molecule has 16 aliphatic carbocycles. The molecule has 0 N–H and O–H groups in total. The third-order valence-electron chi connectivity index (χ3n) is 26.1. The van der Waals surface area contributed by atoms with Crippen LogP contribution in [0.4, 0.5) is 0 Å². The highest BCUT2D eigenvalue weighted by atomic mass is 16.5. The van der Waals surface area contributed by atoms with Crippen molar-refractivity contribution in [3.63, 3.8) is 0 Å². The zero-order chi connectivity index (χ0) is 38.2. The molecular formula is C57H64O2. The van der Waals surface area contributed by atoms with Gasteiger partial charge in [0.25, 0.3) is 0 Å². The van der Waals surface area contributed by atoms with Gasteiger partial charge in [-0.3, -0.25) is 0 Å². The van der Waals surface area contributed by atoms with Crippen LogP contribution in [-0.2, 0) is 11.8 Å². The summed E-state index contributed by atoms with van der Waals surface area (Å²) in [5, 5.41) is 0. The maximum atomic E-state index is 6.45. The lowest BCUT2D eigenvalue weighted by atomic mass is 9.38. The summed E-state index contributed by atoms with van der Waals surface area (Å²) in [7, 11) is 3.87. The maximum Gasteiger partial charge on any atom is 0.122 e. The van der Waals surface area contributed by atoms with Gasteiger partial charge in [0, 0.05) is 10.8 Å². The van der Waals surface area contributed by atoms with Crippen LogP contribution in [0.5, 0.6) is 11.5 Å². The van der Waals surface area contributed by atoms with Crippen molar-refractivity contribution in [3.05, 3.63) is 81.4 Å². The molecule has 28 atom stereocenters. The van der Waals surface area contributed by atoms with Gasteiger partial charge in [-0.1, -0.05) is 41.5 Å². The lowest BCUT2D eigenvalue weighted by molar-refractivity contribution is -0.163. The highest BCUT2D eigenvalue weighted by Gasteiger charge is 2.90. The summed E-state index contributed by atoms with van der Waals surface area (Å²) < 4.78 is 12.5. The molecule has 14 saturated carbocycles. The smallest absolute Gasteiger partial charge is 0.122 e. The van der Waals surface area contributed by atoms with Gasteiger partial charge in [0.05, 0.1) is 14.2 Å². The average Bonchev–Trinajstić information content (AvgIpc) is 4.07. The predicted octanol–water partition coefficient (Wildman–Crippen LogP) is 10.9. The fourth-order valence-electron chi connectivity index (χ4n) is 26.8. The Kier molecular flexibility index (Phi) is 5.21. The molecule has 0 radical (unpaired) electrons. The average molecular weight is 781 g/mol. The lowest BCUT2D eigenvalue weighted by Crippen LogP contribution is -2.62. The summed E-state index contributed by atoms with van der Waals surface area (Å²) in [5.74, 6) is 28.7. The minimum Gasteiger partial charge on any atom is -0.496 e. The molecule has 0 spiro atoms. The van der Waals surface area contributed by atoms with Crippen LogP contribution in [-0.4, -0.2) is 14.2 Å². The van der Waals surface area contributed by atoms with Gasteiger partial charge in [0.2, 0.25) is 0 Å². The molecule has 0 saturated heterocycles. The monoisotopic (exact) mass is 780 g/mol. The summed E-state index contributed by atoms with van der Waals surface area (Å²) in [6.07, 6.45) is 18.6. The Morgan fingerprint density at radius 3 is 1.83 bits per heavy atom. The molecule has 28 unspecified atom stereocenters. The second-order valence-electron chi connectivity index (χ2n) is 25.9. The minimum atomic E-state index is 0.0239. The van der Waals surface area contributed by atoms with Gasteiger partial charge in [0.15, 0.2) is 0 Å². The molecule has 2 heteroatoms. The molecule has 59 heavy (non-hydrogen) atoms. The van der Waals surface area contributed by atoms with E-state index in [1.807, 2.05) is 25.4 Å². The van der Waals surface area contributed by atoms with Gasteiger partial charge < -0.3 is 9.47 Å². The number of ether oxygens (including phenoxy) is 2. The minimum absolute atomic E-state index is 0.0239. The SMILES string of the molecule is COc1cc(C)ccc1CC12C3=CC4(c5ccc(OC)c(C)c5C)C=C5CC6CC7CC8CC9CC%10CC(C3)C1C1C%10C3C9C8C8C7C7C6C5C5C6C7C8C3C1C6C2C54. The molecule has 0 bridgehead atoms. The van der Waals surface area contributed by atoms with E-state index < -0.39 is 0 Å². The molecule has 0 aliphatic heterocycles. The summed E-state index contributed by atoms with van der Waals surface area (Å²) in [6, 6.07) is 12.4. The molecule has 2 nitrogen and oxygen atoms in total. The summed E-state index contributed by atoms with van der Waals surface area (Å²) in [5.41, 5.74) is 11.8. The fourth-order valence-corrected chi connectivity index (χ4v) is 26.8. The molecular weight excluding hydrogens is 717 g/mol. The molecule has 0 heterocycles. The first-order chi connectivity index (χ1) is 28.9. The summed E-state index contributed by atoms with van der Waals surface area (Å²) >= 11 is 0. The van der Waals surface area contributed by atoms with Crippen molar-refractivity contribution in [2.45, 2.75) is 77.6 Å². The van der Waals surface area contributed by atoms with Crippen LogP contribution in [0.3, 0.4) is 0 Å².